The Balaban J connectivity index is 1.93. The highest BCUT2D eigenvalue weighted by molar-refractivity contribution is 5.76. The maximum Gasteiger partial charge on any atom is 0.220 e. The predicted octanol–water partition coefficient (Wildman–Crippen LogP) is 0.530. The van der Waals surface area contributed by atoms with Crippen molar-refractivity contribution in [3.63, 3.8) is 0 Å². The Morgan fingerprint density at radius 3 is 1.90 bits per heavy atom. The van der Waals surface area contributed by atoms with E-state index in [1.807, 2.05) is 13.0 Å². The highest BCUT2D eigenvalue weighted by atomic mass is 16.7. The standard InChI is InChI=1S/C34H63NO13/c1-3-5-7-8-9-10-11-12-13-14-15-16-17-23(38)22(35-26(39)18-6-4-2)21-45-33-31(44)29(42)32(25(20-37)47-33)48-34-30(43)28(41)27(40)24(19-36)46-34/h16-17,22-25,27-34,36-38,40-44H,3-15,18-21H2,1-2H3,(H,35,39)/b17-16+. The Morgan fingerprint density at radius 1 is 0.729 bits per heavy atom. The van der Waals surface area contributed by atoms with Crippen molar-refractivity contribution in [1.29, 1.82) is 0 Å². The molecule has 0 aliphatic carbocycles. The first-order chi connectivity index (χ1) is 23.1. The Hall–Kier alpha value is -1.27. The second-order valence-corrected chi connectivity index (χ2v) is 13.0. The van der Waals surface area contributed by atoms with Crippen LogP contribution in [0, 0.1) is 0 Å². The molecule has 0 saturated carbocycles. The Kier molecular flexibility index (Phi) is 21.5. The monoisotopic (exact) mass is 693 g/mol. The molecule has 48 heavy (non-hydrogen) atoms. The van der Waals surface area contributed by atoms with E-state index in [4.69, 9.17) is 18.9 Å². The Morgan fingerprint density at radius 2 is 1.29 bits per heavy atom. The average Bonchev–Trinajstić information content (AvgIpc) is 3.08. The summed E-state index contributed by atoms with van der Waals surface area (Å²) in [6, 6.07) is -0.901. The molecular weight excluding hydrogens is 630 g/mol. The van der Waals surface area contributed by atoms with Gasteiger partial charge in [0.2, 0.25) is 5.91 Å². The van der Waals surface area contributed by atoms with E-state index >= 15 is 0 Å². The Labute approximate surface area is 285 Å². The van der Waals surface area contributed by atoms with Crippen LogP contribution in [0.3, 0.4) is 0 Å². The smallest absolute Gasteiger partial charge is 0.220 e. The highest BCUT2D eigenvalue weighted by Crippen LogP contribution is 2.29. The van der Waals surface area contributed by atoms with Gasteiger partial charge in [-0.05, 0) is 19.3 Å². The average molecular weight is 694 g/mol. The number of aliphatic hydroxyl groups excluding tert-OH is 8. The quantitative estimate of drug-likeness (QED) is 0.0497. The lowest BCUT2D eigenvalue weighted by molar-refractivity contribution is -0.359. The molecule has 1 amide bonds. The number of rotatable bonds is 24. The van der Waals surface area contributed by atoms with Gasteiger partial charge in [0.15, 0.2) is 12.6 Å². The van der Waals surface area contributed by atoms with Crippen LogP contribution in [0.2, 0.25) is 0 Å². The van der Waals surface area contributed by atoms with Gasteiger partial charge in [-0.15, -0.1) is 0 Å². The van der Waals surface area contributed by atoms with Gasteiger partial charge < -0.3 is 65.1 Å². The maximum absolute atomic E-state index is 12.6. The van der Waals surface area contributed by atoms with Crippen molar-refractivity contribution in [2.24, 2.45) is 0 Å². The zero-order valence-electron chi connectivity index (χ0n) is 28.7. The van der Waals surface area contributed by atoms with Gasteiger partial charge >= 0.3 is 0 Å². The van der Waals surface area contributed by atoms with Crippen LogP contribution in [0.15, 0.2) is 12.2 Å². The van der Waals surface area contributed by atoms with Crippen LogP contribution in [0.25, 0.3) is 0 Å². The van der Waals surface area contributed by atoms with Gasteiger partial charge in [-0.3, -0.25) is 4.79 Å². The molecule has 282 valence electrons. The molecule has 14 nitrogen and oxygen atoms in total. The molecule has 2 aliphatic rings. The van der Waals surface area contributed by atoms with E-state index in [1.54, 1.807) is 6.08 Å². The molecule has 0 aromatic rings. The number of carbonyl (C=O) groups excluding carboxylic acids is 1. The highest BCUT2D eigenvalue weighted by Gasteiger charge is 2.50. The fourth-order valence-corrected chi connectivity index (χ4v) is 5.85. The molecule has 0 radical (unpaired) electrons. The van der Waals surface area contributed by atoms with Crippen LogP contribution < -0.4 is 5.32 Å². The van der Waals surface area contributed by atoms with Crippen molar-refractivity contribution in [3.05, 3.63) is 12.2 Å². The predicted molar refractivity (Wildman–Crippen MR) is 175 cm³/mol. The van der Waals surface area contributed by atoms with Crippen LogP contribution in [0.1, 0.15) is 104 Å². The molecular formula is C34H63NO13. The fourth-order valence-electron chi connectivity index (χ4n) is 5.85. The number of ether oxygens (including phenoxy) is 4. The number of allylic oxidation sites excluding steroid dienone is 1. The lowest BCUT2D eigenvalue weighted by Crippen LogP contribution is -2.65. The zero-order valence-corrected chi connectivity index (χ0v) is 28.7. The number of carbonyl (C=O) groups is 1. The number of nitrogens with one attached hydrogen (secondary N) is 1. The van der Waals surface area contributed by atoms with E-state index in [1.165, 1.54) is 51.4 Å². The van der Waals surface area contributed by atoms with Gasteiger partial charge in [-0.25, -0.2) is 0 Å². The SMILES string of the molecule is CCCCCCCCCCCC/C=C/C(O)C(COC1OC(CO)C(OC2OC(CO)C(O)C(O)C2O)C(O)C1O)NC(=O)CCCC. The third-order valence-electron chi connectivity index (χ3n) is 8.97. The molecule has 0 spiro atoms. The Bertz CT molecular complexity index is 878. The molecule has 2 rings (SSSR count). The third kappa shape index (κ3) is 14.2. The van der Waals surface area contributed by atoms with Crippen molar-refractivity contribution >= 4 is 5.91 Å². The van der Waals surface area contributed by atoms with Crippen LogP contribution in [0.5, 0.6) is 0 Å². The van der Waals surface area contributed by atoms with Crippen LogP contribution in [-0.4, -0.2) is 140 Å². The summed E-state index contributed by atoms with van der Waals surface area (Å²) in [6.07, 6.45) is 1.28. The van der Waals surface area contributed by atoms with Gasteiger partial charge in [-0.2, -0.15) is 0 Å². The van der Waals surface area contributed by atoms with Crippen molar-refractivity contribution in [3.8, 4) is 0 Å². The van der Waals surface area contributed by atoms with E-state index in [0.29, 0.717) is 6.42 Å². The van der Waals surface area contributed by atoms with E-state index in [2.05, 4.69) is 12.2 Å². The summed E-state index contributed by atoms with van der Waals surface area (Å²) in [4.78, 5) is 12.6. The molecule has 2 heterocycles. The van der Waals surface area contributed by atoms with Crippen LogP contribution in [0.4, 0.5) is 0 Å². The topological polar surface area (TPSA) is 228 Å². The zero-order chi connectivity index (χ0) is 35.5. The normalized spacial score (nSPS) is 32.4. The van der Waals surface area contributed by atoms with E-state index in [0.717, 1.165) is 25.7 Å². The van der Waals surface area contributed by atoms with Gasteiger partial charge in [0, 0.05) is 6.42 Å². The minimum Gasteiger partial charge on any atom is -0.394 e. The van der Waals surface area contributed by atoms with Crippen LogP contribution in [-0.2, 0) is 23.7 Å². The second kappa shape index (κ2) is 24.0. The first-order valence-corrected chi connectivity index (χ1v) is 17.9. The maximum atomic E-state index is 12.6. The van der Waals surface area contributed by atoms with E-state index < -0.39 is 86.8 Å². The summed E-state index contributed by atoms with van der Waals surface area (Å²) in [5.41, 5.74) is 0. The summed E-state index contributed by atoms with van der Waals surface area (Å²) >= 11 is 0. The summed E-state index contributed by atoms with van der Waals surface area (Å²) in [6.45, 7) is 2.46. The summed E-state index contributed by atoms with van der Waals surface area (Å²) in [5.74, 6) is -0.279. The largest absolute Gasteiger partial charge is 0.394 e. The van der Waals surface area contributed by atoms with Gasteiger partial charge in [-0.1, -0.05) is 90.2 Å². The number of unbranched alkanes of at least 4 members (excludes halogenated alkanes) is 11. The van der Waals surface area contributed by atoms with Crippen molar-refractivity contribution < 1.29 is 64.6 Å². The fraction of sp³-hybridized carbons (Fsp3) is 0.912. The van der Waals surface area contributed by atoms with E-state index in [9.17, 15) is 45.6 Å². The molecule has 0 aromatic heterocycles. The first kappa shape index (κ1) is 42.9. The lowest BCUT2D eigenvalue weighted by atomic mass is 9.97. The molecule has 9 N–H and O–H groups in total. The first-order valence-electron chi connectivity index (χ1n) is 17.9. The molecule has 0 aromatic carbocycles. The summed E-state index contributed by atoms with van der Waals surface area (Å²) in [7, 11) is 0. The molecule has 2 aliphatic heterocycles. The second-order valence-electron chi connectivity index (χ2n) is 13.0. The molecule has 2 fully saturated rings. The van der Waals surface area contributed by atoms with Gasteiger partial charge in [0.05, 0.1) is 32.0 Å². The van der Waals surface area contributed by atoms with E-state index in [-0.39, 0.29) is 18.9 Å². The number of aliphatic hydroxyl groups is 8. The molecule has 12 unspecified atom stereocenters. The molecule has 2 saturated heterocycles. The van der Waals surface area contributed by atoms with Crippen molar-refractivity contribution in [2.75, 3.05) is 19.8 Å². The molecule has 12 atom stereocenters. The van der Waals surface area contributed by atoms with Crippen molar-refractivity contribution in [2.45, 2.75) is 177 Å². The third-order valence-corrected chi connectivity index (χ3v) is 8.97. The van der Waals surface area contributed by atoms with Gasteiger partial charge in [0.25, 0.3) is 0 Å². The minimum atomic E-state index is -1.78. The number of amides is 1. The van der Waals surface area contributed by atoms with Gasteiger partial charge in [0.1, 0.15) is 48.8 Å². The van der Waals surface area contributed by atoms with Crippen LogP contribution >= 0.6 is 0 Å². The molecule has 0 bridgehead atoms. The minimum absolute atomic E-state index is 0.257. The number of hydrogen-bond acceptors (Lipinski definition) is 13. The van der Waals surface area contributed by atoms with Crippen molar-refractivity contribution in [1.82, 2.24) is 5.32 Å². The lowest BCUT2D eigenvalue weighted by Gasteiger charge is -2.46. The molecule has 14 heteroatoms. The summed E-state index contributed by atoms with van der Waals surface area (Å²) in [5, 5.41) is 85.3. The number of hydrogen-bond donors (Lipinski definition) is 9. The summed E-state index contributed by atoms with van der Waals surface area (Å²) < 4.78 is 22.3.